The molecule has 0 atom stereocenters. The van der Waals surface area contributed by atoms with Crippen LogP contribution in [-0.2, 0) is 10.2 Å². The van der Waals surface area contributed by atoms with Crippen LogP contribution in [0.4, 0.5) is 13.2 Å². The van der Waals surface area contributed by atoms with E-state index in [-0.39, 0.29) is 30.9 Å². The lowest BCUT2D eigenvalue weighted by molar-refractivity contribution is -0.160. The number of ether oxygens (including phenoxy) is 2. The van der Waals surface area contributed by atoms with Crippen LogP contribution < -0.4 is 4.74 Å². The minimum absolute atomic E-state index is 0.118. The molecule has 7 heteroatoms. The van der Waals surface area contributed by atoms with Gasteiger partial charge in [-0.25, -0.2) is 9.78 Å². The van der Waals surface area contributed by atoms with Gasteiger partial charge in [-0.05, 0) is 49.9 Å². The summed E-state index contributed by atoms with van der Waals surface area (Å²) in [6.45, 7) is 3.67. The van der Waals surface area contributed by atoms with Gasteiger partial charge in [0.2, 0.25) is 5.88 Å². The fourth-order valence-electron chi connectivity index (χ4n) is 2.81. The molecule has 1 aromatic carbocycles. The number of alkyl halides is 3. The molecule has 0 spiro atoms. The second kappa shape index (κ2) is 6.63. The zero-order valence-electron chi connectivity index (χ0n) is 14.4. The normalized spacial score (nSPS) is 15.4. The van der Waals surface area contributed by atoms with Crippen LogP contribution in [0.25, 0.3) is 0 Å². The third-order valence-electron chi connectivity index (χ3n) is 4.48. The molecule has 1 aliphatic carbocycles. The summed E-state index contributed by atoms with van der Waals surface area (Å²) in [4.78, 5) is 15.6. The van der Waals surface area contributed by atoms with E-state index in [0.29, 0.717) is 16.9 Å². The molecular formula is C19H18F3NO3. The molecule has 0 saturated heterocycles. The number of nitrogens with zero attached hydrogens (tertiary/aromatic N) is 1. The van der Waals surface area contributed by atoms with Crippen molar-refractivity contribution in [2.45, 2.75) is 38.3 Å². The first-order valence-electron chi connectivity index (χ1n) is 8.26. The Kier molecular flexibility index (Phi) is 4.64. The largest absolute Gasteiger partial charge is 0.462 e. The minimum atomic E-state index is -4.24. The standard InChI is InChI=1S/C19H18F3NO3/c1-3-25-17(24)13-4-7-16(23-11-13)26-15-6-5-14(10-12(15)2)18(8-9-18)19(20,21)22/h4-7,10-11H,3,8-9H2,1-2H3. The summed E-state index contributed by atoms with van der Waals surface area (Å²) in [5.74, 6) is 0.183. The van der Waals surface area contributed by atoms with E-state index >= 15 is 0 Å². The predicted octanol–water partition coefficient (Wildman–Crippen LogP) is 4.95. The van der Waals surface area contributed by atoms with E-state index in [1.165, 1.54) is 36.5 Å². The van der Waals surface area contributed by atoms with E-state index < -0.39 is 17.6 Å². The highest BCUT2D eigenvalue weighted by Gasteiger charge is 2.64. The Morgan fingerprint density at radius 1 is 1.23 bits per heavy atom. The van der Waals surface area contributed by atoms with Crippen LogP contribution in [-0.4, -0.2) is 23.7 Å². The number of pyridine rings is 1. The highest BCUT2D eigenvalue weighted by molar-refractivity contribution is 5.89. The Bertz CT molecular complexity index is 812. The summed E-state index contributed by atoms with van der Waals surface area (Å²) in [6, 6.07) is 7.53. The molecule has 0 aliphatic heterocycles. The number of benzene rings is 1. The van der Waals surface area contributed by atoms with Gasteiger partial charge in [0.25, 0.3) is 0 Å². The van der Waals surface area contributed by atoms with E-state index in [1.54, 1.807) is 13.8 Å². The van der Waals surface area contributed by atoms with Gasteiger partial charge in [-0.1, -0.05) is 12.1 Å². The van der Waals surface area contributed by atoms with Crippen molar-refractivity contribution in [3.8, 4) is 11.6 Å². The molecule has 3 rings (SSSR count). The van der Waals surface area contributed by atoms with Crippen molar-refractivity contribution in [2.24, 2.45) is 0 Å². The van der Waals surface area contributed by atoms with Gasteiger partial charge in [-0.2, -0.15) is 13.2 Å². The summed E-state index contributed by atoms with van der Waals surface area (Å²) in [7, 11) is 0. The first-order valence-corrected chi connectivity index (χ1v) is 8.26. The smallest absolute Gasteiger partial charge is 0.398 e. The molecule has 1 fully saturated rings. The SMILES string of the molecule is CCOC(=O)c1ccc(Oc2ccc(C3(C(F)(F)F)CC3)cc2C)nc1. The Morgan fingerprint density at radius 3 is 2.46 bits per heavy atom. The van der Waals surface area contributed by atoms with Crippen molar-refractivity contribution in [3.05, 3.63) is 53.2 Å². The number of esters is 1. The summed E-state index contributed by atoms with van der Waals surface area (Å²) < 4.78 is 50.2. The molecular weight excluding hydrogens is 347 g/mol. The van der Waals surface area contributed by atoms with Crippen molar-refractivity contribution in [1.29, 1.82) is 0 Å². The topological polar surface area (TPSA) is 48.4 Å². The summed E-state index contributed by atoms with van der Waals surface area (Å²) in [6.07, 6.45) is -2.67. The van der Waals surface area contributed by atoms with Crippen LogP contribution in [0, 0.1) is 6.92 Å². The highest BCUT2D eigenvalue weighted by Crippen LogP contribution is 2.59. The maximum Gasteiger partial charge on any atom is 0.398 e. The van der Waals surface area contributed by atoms with Crippen molar-refractivity contribution in [2.75, 3.05) is 6.61 Å². The van der Waals surface area contributed by atoms with E-state index in [9.17, 15) is 18.0 Å². The van der Waals surface area contributed by atoms with Crippen LogP contribution >= 0.6 is 0 Å². The molecule has 0 radical (unpaired) electrons. The number of carbonyl (C=O) groups is 1. The average molecular weight is 365 g/mol. The van der Waals surface area contributed by atoms with Crippen LogP contribution in [0.15, 0.2) is 36.5 Å². The van der Waals surface area contributed by atoms with E-state index in [0.717, 1.165) is 0 Å². The first kappa shape index (κ1) is 18.2. The second-order valence-electron chi connectivity index (χ2n) is 6.27. The Labute approximate surface area is 149 Å². The highest BCUT2D eigenvalue weighted by atomic mass is 19.4. The maximum absolute atomic E-state index is 13.2. The molecule has 0 bridgehead atoms. The molecule has 26 heavy (non-hydrogen) atoms. The van der Waals surface area contributed by atoms with Crippen LogP contribution in [0.5, 0.6) is 11.6 Å². The van der Waals surface area contributed by atoms with E-state index in [4.69, 9.17) is 9.47 Å². The first-order chi connectivity index (χ1) is 12.3. The Morgan fingerprint density at radius 2 is 1.96 bits per heavy atom. The average Bonchev–Trinajstić information content (AvgIpc) is 3.39. The van der Waals surface area contributed by atoms with Gasteiger partial charge in [0.05, 0.1) is 17.6 Å². The molecule has 1 aromatic heterocycles. The fraction of sp³-hybridized carbons (Fsp3) is 0.368. The van der Waals surface area contributed by atoms with E-state index in [1.807, 2.05) is 0 Å². The number of aromatic nitrogens is 1. The molecule has 2 aromatic rings. The zero-order chi connectivity index (χ0) is 18.9. The van der Waals surface area contributed by atoms with Crippen molar-refractivity contribution in [3.63, 3.8) is 0 Å². The summed E-state index contributed by atoms with van der Waals surface area (Å²) in [5.41, 5.74) is -0.558. The third kappa shape index (κ3) is 3.38. The molecule has 4 nitrogen and oxygen atoms in total. The number of hydrogen-bond donors (Lipinski definition) is 0. The van der Waals surface area contributed by atoms with Crippen molar-refractivity contribution >= 4 is 5.97 Å². The van der Waals surface area contributed by atoms with Crippen molar-refractivity contribution < 1.29 is 27.4 Å². The molecule has 138 valence electrons. The number of carbonyl (C=O) groups excluding carboxylic acids is 1. The van der Waals surface area contributed by atoms with Gasteiger partial charge in [-0.3, -0.25) is 0 Å². The van der Waals surface area contributed by atoms with E-state index in [2.05, 4.69) is 4.98 Å². The maximum atomic E-state index is 13.2. The van der Waals surface area contributed by atoms with Gasteiger partial charge in [0.15, 0.2) is 0 Å². The third-order valence-corrected chi connectivity index (χ3v) is 4.48. The molecule has 0 amide bonds. The number of aryl methyl sites for hydroxylation is 1. The number of rotatable bonds is 5. The quantitative estimate of drug-likeness (QED) is 0.703. The Balaban J connectivity index is 1.76. The predicted molar refractivity (Wildman–Crippen MR) is 88.4 cm³/mol. The van der Waals surface area contributed by atoms with Gasteiger partial charge in [0, 0.05) is 12.3 Å². The summed E-state index contributed by atoms with van der Waals surface area (Å²) in [5, 5.41) is 0. The summed E-state index contributed by atoms with van der Waals surface area (Å²) >= 11 is 0. The van der Waals surface area contributed by atoms with Crippen molar-refractivity contribution in [1.82, 2.24) is 4.98 Å². The molecule has 1 saturated carbocycles. The lowest BCUT2D eigenvalue weighted by Crippen LogP contribution is -2.28. The van der Waals surface area contributed by atoms with Crippen LogP contribution in [0.1, 0.15) is 41.3 Å². The minimum Gasteiger partial charge on any atom is -0.462 e. The molecule has 0 unspecified atom stereocenters. The van der Waals surface area contributed by atoms with Gasteiger partial charge in [0.1, 0.15) is 5.75 Å². The van der Waals surface area contributed by atoms with Gasteiger partial charge >= 0.3 is 12.1 Å². The molecule has 1 aliphatic rings. The number of hydrogen-bond acceptors (Lipinski definition) is 4. The molecule has 1 heterocycles. The fourth-order valence-corrected chi connectivity index (χ4v) is 2.81. The van der Waals surface area contributed by atoms with Gasteiger partial charge < -0.3 is 9.47 Å². The lowest BCUT2D eigenvalue weighted by Gasteiger charge is -2.20. The molecule has 0 N–H and O–H groups in total. The van der Waals surface area contributed by atoms with Gasteiger partial charge in [-0.15, -0.1) is 0 Å². The zero-order valence-corrected chi connectivity index (χ0v) is 14.4. The Hall–Kier alpha value is -2.57. The monoisotopic (exact) mass is 365 g/mol. The second-order valence-corrected chi connectivity index (χ2v) is 6.27. The van der Waals surface area contributed by atoms with Crippen LogP contribution in [0.2, 0.25) is 0 Å². The van der Waals surface area contributed by atoms with Crippen LogP contribution in [0.3, 0.4) is 0 Å². The number of halogens is 3. The lowest BCUT2D eigenvalue weighted by atomic mass is 9.93.